The van der Waals surface area contributed by atoms with E-state index in [2.05, 4.69) is 24.1 Å². The van der Waals surface area contributed by atoms with Gasteiger partial charge in [-0.05, 0) is 53.3 Å². The summed E-state index contributed by atoms with van der Waals surface area (Å²) in [6.45, 7) is 4.25. The van der Waals surface area contributed by atoms with Gasteiger partial charge in [0.05, 0.1) is 11.6 Å². The molecule has 0 spiro atoms. The van der Waals surface area contributed by atoms with Crippen LogP contribution in [0.25, 0.3) is 16.5 Å². The third-order valence-electron chi connectivity index (χ3n) is 5.93. The van der Waals surface area contributed by atoms with Crippen LogP contribution >= 0.6 is 0 Å². The highest BCUT2D eigenvalue weighted by Crippen LogP contribution is 2.52. The molecule has 1 aliphatic carbocycles. The fourth-order valence-electron chi connectivity index (χ4n) is 4.69. The second kappa shape index (κ2) is 6.08. The van der Waals surface area contributed by atoms with Crippen LogP contribution in [0, 0.1) is 5.41 Å². The molecule has 0 fully saturated rings. The highest BCUT2D eigenvalue weighted by molar-refractivity contribution is 6.12. The summed E-state index contributed by atoms with van der Waals surface area (Å²) in [6, 6.07) is 12.3. The largest absolute Gasteiger partial charge is 0.504 e. The Balaban J connectivity index is 1.80. The smallest absolute Gasteiger partial charge is 0.162 e. The highest BCUT2D eigenvalue weighted by Gasteiger charge is 2.40. The van der Waals surface area contributed by atoms with Crippen LogP contribution in [-0.2, 0) is 4.79 Å². The molecule has 1 aliphatic heterocycles. The number of carbonyl (C=O) groups is 1. The maximum atomic E-state index is 13.3. The lowest BCUT2D eigenvalue weighted by atomic mass is 9.68. The normalized spacial score (nSPS) is 20.2. The Hall–Kier alpha value is -3.34. The maximum Gasteiger partial charge on any atom is 0.162 e. The van der Waals surface area contributed by atoms with Crippen molar-refractivity contribution in [1.29, 1.82) is 0 Å². The zero-order valence-electron chi connectivity index (χ0n) is 16.4. The van der Waals surface area contributed by atoms with Crippen molar-refractivity contribution in [3.63, 3.8) is 0 Å². The molecule has 29 heavy (non-hydrogen) atoms. The van der Waals surface area contributed by atoms with Gasteiger partial charge in [0.1, 0.15) is 0 Å². The molecule has 0 radical (unpaired) electrons. The van der Waals surface area contributed by atoms with Gasteiger partial charge in [0.2, 0.25) is 0 Å². The molecule has 5 rings (SSSR count). The van der Waals surface area contributed by atoms with Crippen LogP contribution in [0.2, 0.25) is 0 Å². The third kappa shape index (κ3) is 2.77. The van der Waals surface area contributed by atoms with Crippen molar-refractivity contribution in [2.24, 2.45) is 5.41 Å². The SMILES string of the molecule is CC1(C)CC(=O)C2=C(C1)c1c(ccc3ncccc13)N[C@@H]2c1ccc(O)c(O)c1. The van der Waals surface area contributed by atoms with E-state index in [1.54, 1.807) is 12.3 Å². The van der Waals surface area contributed by atoms with E-state index in [1.165, 1.54) is 12.1 Å². The number of rotatable bonds is 1. The molecule has 2 heterocycles. The Morgan fingerprint density at radius 3 is 2.69 bits per heavy atom. The number of nitrogens with zero attached hydrogens (tertiary/aromatic N) is 1. The van der Waals surface area contributed by atoms with E-state index in [0.717, 1.165) is 45.3 Å². The number of ketones is 1. The molecule has 146 valence electrons. The second-order valence-corrected chi connectivity index (χ2v) is 8.72. The number of hydrogen-bond donors (Lipinski definition) is 3. The Bertz CT molecular complexity index is 1210. The van der Waals surface area contributed by atoms with Crippen molar-refractivity contribution < 1.29 is 15.0 Å². The van der Waals surface area contributed by atoms with E-state index >= 15 is 0 Å². The molecule has 5 nitrogen and oxygen atoms in total. The summed E-state index contributed by atoms with van der Waals surface area (Å²) in [4.78, 5) is 17.8. The first-order chi connectivity index (χ1) is 13.8. The molecule has 5 heteroatoms. The predicted molar refractivity (Wildman–Crippen MR) is 113 cm³/mol. The van der Waals surface area contributed by atoms with Gasteiger partial charge in [0.15, 0.2) is 17.3 Å². The number of aromatic nitrogens is 1. The number of phenolic OH excluding ortho intramolecular Hbond substituents is 2. The summed E-state index contributed by atoms with van der Waals surface area (Å²) in [7, 11) is 0. The van der Waals surface area contributed by atoms with E-state index in [4.69, 9.17) is 0 Å². The highest BCUT2D eigenvalue weighted by atomic mass is 16.3. The Morgan fingerprint density at radius 1 is 1.07 bits per heavy atom. The van der Waals surface area contributed by atoms with Crippen molar-refractivity contribution in [1.82, 2.24) is 4.98 Å². The summed E-state index contributed by atoms with van der Waals surface area (Å²) in [5, 5.41) is 24.3. The molecular weight excluding hydrogens is 364 g/mol. The molecule has 1 aromatic heterocycles. The fraction of sp³-hybridized carbons (Fsp3) is 0.250. The summed E-state index contributed by atoms with van der Waals surface area (Å²) >= 11 is 0. The number of benzene rings is 2. The van der Waals surface area contributed by atoms with Crippen LogP contribution in [0.15, 0.2) is 54.2 Å². The van der Waals surface area contributed by atoms with Gasteiger partial charge >= 0.3 is 0 Å². The van der Waals surface area contributed by atoms with Crippen LogP contribution in [0.1, 0.15) is 43.9 Å². The van der Waals surface area contributed by atoms with E-state index in [1.807, 2.05) is 24.3 Å². The first-order valence-electron chi connectivity index (χ1n) is 9.77. The van der Waals surface area contributed by atoms with Crippen molar-refractivity contribution in [3.8, 4) is 11.5 Å². The van der Waals surface area contributed by atoms with Crippen LogP contribution in [0.5, 0.6) is 11.5 Å². The van der Waals surface area contributed by atoms with Gasteiger partial charge in [-0.3, -0.25) is 9.78 Å². The van der Waals surface area contributed by atoms with Gasteiger partial charge in [0.25, 0.3) is 0 Å². The fourth-order valence-corrected chi connectivity index (χ4v) is 4.69. The van der Waals surface area contributed by atoms with E-state index in [0.29, 0.717) is 6.42 Å². The number of aromatic hydroxyl groups is 2. The van der Waals surface area contributed by atoms with Crippen molar-refractivity contribution >= 4 is 27.9 Å². The van der Waals surface area contributed by atoms with E-state index in [-0.39, 0.29) is 28.7 Å². The lowest BCUT2D eigenvalue weighted by Gasteiger charge is -2.40. The average Bonchev–Trinajstić information content (AvgIpc) is 2.68. The molecule has 2 aliphatic rings. The maximum absolute atomic E-state index is 13.3. The monoisotopic (exact) mass is 386 g/mol. The second-order valence-electron chi connectivity index (χ2n) is 8.72. The molecular formula is C24H22N2O3. The Morgan fingerprint density at radius 2 is 1.90 bits per heavy atom. The first-order valence-corrected chi connectivity index (χ1v) is 9.77. The lowest BCUT2D eigenvalue weighted by molar-refractivity contribution is -0.118. The molecule has 0 bridgehead atoms. The Labute approximate surface area is 168 Å². The number of pyridine rings is 1. The summed E-state index contributed by atoms with van der Waals surface area (Å²) in [5.74, 6) is -0.247. The number of allylic oxidation sites excluding steroid dienone is 1. The van der Waals surface area contributed by atoms with Crippen LogP contribution in [-0.4, -0.2) is 21.0 Å². The molecule has 0 saturated heterocycles. The summed E-state index contributed by atoms with van der Waals surface area (Å²) < 4.78 is 0. The van der Waals surface area contributed by atoms with Crippen LogP contribution in [0.4, 0.5) is 5.69 Å². The molecule has 0 amide bonds. The first kappa shape index (κ1) is 17.7. The number of Topliss-reactive ketones (excluding diaryl/α,β-unsaturated/α-hetero) is 1. The van der Waals surface area contributed by atoms with Crippen molar-refractivity contribution in [3.05, 3.63) is 65.4 Å². The molecule has 1 atom stereocenters. The number of hydrogen-bond acceptors (Lipinski definition) is 5. The van der Waals surface area contributed by atoms with Gasteiger partial charge in [-0.15, -0.1) is 0 Å². The van der Waals surface area contributed by atoms with Gasteiger partial charge in [-0.25, -0.2) is 0 Å². The third-order valence-corrected chi connectivity index (χ3v) is 5.93. The number of anilines is 1. The van der Waals surface area contributed by atoms with Gasteiger partial charge in [-0.2, -0.15) is 0 Å². The van der Waals surface area contributed by atoms with E-state index < -0.39 is 0 Å². The number of nitrogens with one attached hydrogen (secondary N) is 1. The van der Waals surface area contributed by atoms with Gasteiger partial charge in [0, 0.05) is 34.8 Å². The van der Waals surface area contributed by atoms with Crippen LogP contribution < -0.4 is 5.32 Å². The topological polar surface area (TPSA) is 82.5 Å². The van der Waals surface area contributed by atoms with Crippen molar-refractivity contribution in [2.75, 3.05) is 5.32 Å². The zero-order chi connectivity index (χ0) is 20.3. The van der Waals surface area contributed by atoms with Crippen molar-refractivity contribution in [2.45, 2.75) is 32.7 Å². The summed E-state index contributed by atoms with van der Waals surface area (Å²) in [5.41, 5.74) is 5.32. The average molecular weight is 386 g/mol. The quantitative estimate of drug-likeness (QED) is 0.515. The standard InChI is InChI=1S/C24H22N2O3/c1-24(2)11-15-21-14-4-3-9-25-16(14)6-7-17(21)26-23(22(15)20(29)12-24)13-5-8-18(27)19(28)10-13/h3-10,23,26-28H,11-12H2,1-2H3/t23-/m1/s1. The minimum Gasteiger partial charge on any atom is -0.504 e. The molecule has 3 aromatic rings. The van der Waals surface area contributed by atoms with Gasteiger partial charge < -0.3 is 15.5 Å². The predicted octanol–water partition coefficient (Wildman–Crippen LogP) is 4.96. The number of carbonyl (C=O) groups excluding carboxylic acids is 1. The minimum atomic E-state index is -0.373. The Kier molecular flexibility index (Phi) is 3.72. The molecule has 0 unspecified atom stereocenters. The molecule has 3 N–H and O–H groups in total. The minimum absolute atomic E-state index is 0.118. The number of fused-ring (bicyclic) bond motifs is 4. The lowest BCUT2D eigenvalue weighted by Crippen LogP contribution is -2.33. The van der Waals surface area contributed by atoms with Crippen LogP contribution in [0.3, 0.4) is 0 Å². The van der Waals surface area contributed by atoms with Gasteiger partial charge in [-0.1, -0.05) is 26.0 Å². The molecule has 2 aromatic carbocycles. The zero-order valence-corrected chi connectivity index (χ0v) is 16.4. The molecule has 0 saturated carbocycles. The number of phenols is 2. The summed E-state index contributed by atoms with van der Waals surface area (Å²) in [6.07, 6.45) is 3.04. The van der Waals surface area contributed by atoms with E-state index in [9.17, 15) is 15.0 Å².